The fourth-order valence-corrected chi connectivity index (χ4v) is 2.62. The van der Waals surface area contributed by atoms with Crippen LogP contribution in [0.3, 0.4) is 0 Å². The quantitative estimate of drug-likeness (QED) is 0.861. The molecule has 0 aliphatic rings. The highest BCUT2D eigenvalue weighted by atomic mass is 16.4. The normalized spacial score (nSPS) is 11.4. The Kier molecular flexibility index (Phi) is 4.05. The maximum absolute atomic E-state index is 10.7. The number of carboxylic acid groups (broad SMARTS) is 1. The molecule has 0 unspecified atom stereocenters. The second-order valence-corrected chi connectivity index (χ2v) is 5.68. The summed E-state index contributed by atoms with van der Waals surface area (Å²) in [4.78, 5) is 10.7. The number of hydrogen-bond acceptors (Lipinski definition) is 1. The molecule has 3 heteroatoms. The van der Waals surface area contributed by atoms with Gasteiger partial charge in [0, 0.05) is 12.0 Å². The highest BCUT2D eigenvalue weighted by molar-refractivity contribution is 5.64. The van der Waals surface area contributed by atoms with E-state index in [-0.39, 0.29) is 5.41 Å². The van der Waals surface area contributed by atoms with Crippen molar-refractivity contribution >= 4 is 6.09 Å². The first-order valence-corrected chi connectivity index (χ1v) is 6.21. The van der Waals surface area contributed by atoms with Gasteiger partial charge in [-0.3, -0.25) is 0 Å². The summed E-state index contributed by atoms with van der Waals surface area (Å²) >= 11 is 0. The van der Waals surface area contributed by atoms with Crippen molar-refractivity contribution < 1.29 is 9.90 Å². The Balaban J connectivity index is 3.26. The highest BCUT2D eigenvalue weighted by Gasteiger charge is 2.26. The molecule has 2 N–H and O–H groups in total. The third-order valence-corrected chi connectivity index (χ3v) is 3.72. The molecule has 0 aliphatic heterocycles. The molecule has 1 aromatic rings. The van der Waals surface area contributed by atoms with Crippen LogP contribution in [0.1, 0.15) is 41.7 Å². The minimum atomic E-state index is -0.970. The van der Waals surface area contributed by atoms with Crippen molar-refractivity contribution in [3.05, 3.63) is 33.9 Å². The zero-order chi connectivity index (χ0) is 14.1. The van der Waals surface area contributed by atoms with E-state index in [2.05, 4.69) is 52.9 Å². The van der Waals surface area contributed by atoms with Crippen LogP contribution in [0.25, 0.3) is 0 Å². The SMILES string of the molecule is Cc1cc(C)c(C)c(C(C)(C)CNC(=O)O)c1C. The van der Waals surface area contributed by atoms with E-state index >= 15 is 0 Å². The van der Waals surface area contributed by atoms with Crippen molar-refractivity contribution in [2.24, 2.45) is 0 Å². The van der Waals surface area contributed by atoms with Crippen molar-refractivity contribution in [1.82, 2.24) is 5.32 Å². The van der Waals surface area contributed by atoms with Crippen molar-refractivity contribution in [2.75, 3.05) is 6.54 Å². The summed E-state index contributed by atoms with van der Waals surface area (Å²) < 4.78 is 0. The fraction of sp³-hybridized carbons (Fsp3) is 0.533. The van der Waals surface area contributed by atoms with Gasteiger partial charge in [-0.2, -0.15) is 0 Å². The van der Waals surface area contributed by atoms with Gasteiger partial charge >= 0.3 is 6.09 Å². The van der Waals surface area contributed by atoms with E-state index in [0.717, 1.165) is 0 Å². The van der Waals surface area contributed by atoms with Gasteiger partial charge in [0.15, 0.2) is 0 Å². The van der Waals surface area contributed by atoms with Gasteiger partial charge in [-0.05, 0) is 55.5 Å². The van der Waals surface area contributed by atoms with E-state index in [1.165, 1.54) is 27.8 Å². The minimum absolute atomic E-state index is 0.205. The van der Waals surface area contributed by atoms with E-state index in [9.17, 15) is 4.79 Å². The highest BCUT2D eigenvalue weighted by Crippen LogP contribution is 2.32. The average Bonchev–Trinajstić information content (AvgIpc) is 2.24. The smallest absolute Gasteiger partial charge is 0.404 e. The van der Waals surface area contributed by atoms with E-state index in [0.29, 0.717) is 6.54 Å². The molecule has 0 spiro atoms. The third-order valence-electron chi connectivity index (χ3n) is 3.72. The Morgan fingerprint density at radius 3 is 2.00 bits per heavy atom. The van der Waals surface area contributed by atoms with E-state index < -0.39 is 6.09 Å². The summed E-state index contributed by atoms with van der Waals surface area (Å²) in [6.45, 7) is 13.0. The number of carbonyl (C=O) groups is 1. The molecule has 0 heterocycles. The molecule has 1 amide bonds. The first-order valence-electron chi connectivity index (χ1n) is 6.21. The Bertz CT molecular complexity index is 450. The van der Waals surface area contributed by atoms with Gasteiger partial charge in [-0.15, -0.1) is 0 Å². The van der Waals surface area contributed by atoms with Crippen LogP contribution < -0.4 is 5.32 Å². The van der Waals surface area contributed by atoms with Crippen LogP contribution in [-0.2, 0) is 5.41 Å². The predicted molar refractivity (Wildman–Crippen MR) is 74.4 cm³/mol. The first-order chi connectivity index (χ1) is 8.16. The summed E-state index contributed by atoms with van der Waals surface area (Å²) in [6, 6.07) is 2.19. The van der Waals surface area contributed by atoms with Crippen LogP contribution in [0.4, 0.5) is 4.79 Å². The third kappa shape index (κ3) is 2.84. The largest absolute Gasteiger partial charge is 0.465 e. The lowest BCUT2D eigenvalue weighted by Gasteiger charge is -2.30. The van der Waals surface area contributed by atoms with Gasteiger partial charge in [-0.1, -0.05) is 19.9 Å². The Morgan fingerprint density at radius 1 is 1.17 bits per heavy atom. The van der Waals surface area contributed by atoms with Crippen LogP contribution >= 0.6 is 0 Å². The molecule has 0 aliphatic carbocycles. The van der Waals surface area contributed by atoms with Gasteiger partial charge in [0.2, 0.25) is 0 Å². The van der Waals surface area contributed by atoms with Gasteiger partial charge in [0.1, 0.15) is 0 Å². The number of aryl methyl sites for hydroxylation is 2. The second kappa shape index (κ2) is 5.01. The van der Waals surface area contributed by atoms with Gasteiger partial charge in [0.05, 0.1) is 0 Å². The topological polar surface area (TPSA) is 49.3 Å². The molecule has 0 bridgehead atoms. The Labute approximate surface area is 109 Å². The molecule has 0 atom stereocenters. The molecule has 0 radical (unpaired) electrons. The zero-order valence-corrected chi connectivity index (χ0v) is 12.1. The lowest BCUT2D eigenvalue weighted by molar-refractivity contribution is 0.192. The maximum Gasteiger partial charge on any atom is 0.404 e. The molecule has 0 saturated carbocycles. The fourth-order valence-electron chi connectivity index (χ4n) is 2.62. The summed E-state index contributed by atoms with van der Waals surface area (Å²) in [6.07, 6.45) is -0.970. The van der Waals surface area contributed by atoms with Crippen molar-refractivity contribution in [1.29, 1.82) is 0 Å². The lowest BCUT2D eigenvalue weighted by Crippen LogP contribution is -2.37. The van der Waals surface area contributed by atoms with Crippen LogP contribution in [0.2, 0.25) is 0 Å². The lowest BCUT2D eigenvalue weighted by atomic mass is 9.77. The van der Waals surface area contributed by atoms with E-state index in [4.69, 9.17) is 5.11 Å². The number of hydrogen-bond donors (Lipinski definition) is 2. The van der Waals surface area contributed by atoms with Crippen LogP contribution in [-0.4, -0.2) is 17.7 Å². The van der Waals surface area contributed by atoms with Crippen LogP contribution in [0, 0.1) is 27.7 Å². The second-order valence-electron chi connectivity index (χ2n) is 5.68. The molecule has 3 nitrogen and oxygen atoms in total. The van der Waals surface area contributed by atoms with Crippen molar-refractivity contribution in [3.8, 4) is 0 Å². The predicted octanol–water partition coefficient (Wildman–Crippen LogP) is 3.47. The standard InChI is InChI=1S/C15H23NO2/c1-9-7-10(2)12(4)13(11(9)3)15(5,6)8-16-14(17)18/h7,16H,8H2,1-6H3,(H,17,18). The van der Waals surface area contributed by atoms with E-state index in [1.54, 1.807) is 0 Å². The Hall–Kier alpha value is -1.51. The molecule has 100 valence electrons. The van der Waals surface area contributed by atoms with E-state index in [1.807, 2.05) is 0 Å². The Morgan fingerprint density at radius 2 is 1.61 bits per heavy atom. The van der Waals surface area contributed by atoms with Crippen molar-refractivity contribution in [2.45, 2.75) is 47.0 Å². The molecule has 1 aromatic carbocycles. The molecule has 1 rings (SSSR count). The minimum Gasteiger partial charge on any atom is -0.465 e. The van der Waals surface area contributed by atoms with Gasteiger partial charge in [0.25, 0.3) is 0 Å². The summed E-state index contributed by atoms with van der Waals surface area (Å²) in [5.74, 6) is 0. The molecule has 18 heavy (non-hydrogen) atoms. The van der Waals surface area contributed by atoms with Crippen LogP contribution in [0.15, 0.2) is 6.07 Å². The molecule has 0 saturated heterocycles. The zero-order valence-electron chi connectivity index (χ0n) is 12.1. The van der Waals surface area contributed by atoms with Crippen molar-refractivity contribution in [3.63, 3.8) is 0 Å². The molecular formula is C15H23NO2. The number of rotatable bonds is 3. The van der Waals surface area contributed by atoms with Gasteiger partial charge in [-0.25, -0.2) is 4.79 Å². The summed E-state index contributed by atoms with van der Waals surface area (Å²) in [7, 11) is 0. The molecule has 0 aromatic heterocycles. The number of amides is 1. The monoisotopic (exact) mass is 249 g/mol. The maximum atomic E-state index is 10.7. The molecular weight excluding hydrogens is 226 g/mol. The average molecular weight is 249 g/mol. The number of benzene rings is 1. The summed E-state index contributed by atoms with van der Waals surface area (Å²) in [5.41, 5.74) is 6.09. The molecule has 0 fully saturated rings. The van der Waals surface area contributed by atoms with Crippen LogP contribution in [0.5, 0.6) is 0 Å². The van der Waals surface area contributed by atoms with Gasteiger partial charge < -0.3 is 10.4 Å². The summed E-state index contributed by atoms with van der Waals surface area (Å²) in [5, 5.41) is 11.3. The first kappa shape index (κ1) is 14.6. The number of nitrogens with one attached hydrogen (secondary N) is 1.